The van der Waals surface area contributed by atoms with Gasteiger partial charge in [0, 0.05) is 27.9 Å². The van der Waals surface area contributed by atoms with Gasteiger partial charge in [-0.15, -0.1) is 0 Å². The second-order valence-electron chi connectivity index (χ2n) is 8.03. The van der Waals surface area contributed by atoms with Crippen molar-refractivity contribution in [1.29, 1.82) is 5.26 Å². The molecule has 2 aliphatic heterocycles. The lowest BCUT2D eigenvalue weighted by molar-refractivity contribution is -0.0184. The van der Waals surface area contributed by atoms with Gasteiger partial charge >= 0.3 is 0 Å². The molecule has 4 nitrogen and oxygen atoms in total. The summed E-state index contributed by atoms with van der Waals surface area (Å²) < 4.78 is 8.06. The number of hydrogen-bond donors (Lipinski definition) is 0. The van der Waals surface area contributed by atoms with Gasteiger partial charge in [-0.25, -0.2) is 4.98 Å². The number of nitriles is 1. The summed E-state index contributed by atoms with van der Waals surface area (Å²) in [5.41, 5.74) is 1.83. The molecule has 2 fully saturated rings. The van der Waals surface area contributed by atoms with E-state index in [0.29, 0.717) is 0 Å². The number of hydrogen-bond acceptors (Lipinski definition) is 4. The Hall–Kier alpha value is -2.55. The highest BCUT2D eigenvalue weighted by Crippen LogP contribution is 2.46. The predicted molar refractivity (Wildman–Crippen MR) is 113 cm³/mol. The zero-order chi connectivity index (χ0) is 19.8. The third-order valence-corrected chi connectivity index (χ3v) is 7.12. The van der Waals surface area contributed by atoms with Gasteiger partial charge in [0.25, 0.3) is 0 Å². The van der Waals surface area contributed by atoms with Crippen LogP contribution < -0.4 is 0 Å². The van der Waals surface area contributed by atoms with Gasteiger partial charge in [-0.1, -0.05) is 23.9 Å². The standard InChI is InChI=1S/C24H23N3OS/c1-17-26-11-12-27(17)19-5-9-22(10-6-19)29-23-4-2-3-18(13-23)24(16-25)14-20-7-8-21(15-24)28-20/h2-6,9-13,20-21H,7-8,14-15H2,1H3. The molecule has 3 heterocycles. The molecule has 1 aromatic heterocycles. The third kappa shape index (κ3) is 3.48. The summed E-state index contributed by atoms with van der Waals surface area (Å²) in [5, 5.41) is 10.1. The van der Waals surface area contributed by atoms with Gasteiger partial charge in [-0.2, -0.15) is 5.26 Å². The Morgan fingerprint density at radius 3 is 2.52 bits per heavy atom. The summed E-state index contributed by atoms with van der Waals surface area (Å²) >= 11 is 1.74. The van der Waals surface area contributed by atoms with Crippen LogP contribution >= 0.6 is 11.8 Å². The molecule has 2 aromatic carbocycles. The van der Waals surface area contributed by atoms with Crippen molar-refractivity contribution in [3.63, 3.8) is 0 Å². The van der Waals surface area contributed by atoms with Crippen LogP contribution in [-0.2, 0) is 10.2 Å². The van der Waals surface area contributed by atoms with Crippen molar-refractivity contribution in [2.75, 3.05) is 0 Å². The SMILES string of the molecule is Cc1nccn1-c1ccc(Sc2cccc(C3(C#N)CC4CCC(C3)O4)c2)cc1. The van der Waals surface area contributed by atoms with Gasteiger partial charge in [-0.3, -0.25) is 0 Å². The summed E-state index contributed by atoms with van der Waals surface area (Å²) in [6.07, 6.45) is 8.07. The lowest BCUT2D eigenvalue weighted by Crippen LogP contribution is -2.37. The molecule has 2 saturated heterocycles. The van der Waals surface area contributed by atoms with Crippen LogP contribution in [0.4, 0.5) is 0 Å². The lowest BCUT2D eigenvalue weighted by atomic mass is 9.73. The predicted octanol–water partition coefficient (Wildman–Crippen LogP) is 5.43. The second-order valence-corrected chi connectivity index (χ2v) is 9.17. The topological polar surface area (TPSA) is 50.8 Å². The van der Waals surface area contributed by atoms with Crippen molar-refractivity contribution in [1.82, 2.24) is 9.55 Å². The van der Waals surface area contributed by atoms with E-state index in [1.165, 1.54) is 9.79 Å². The number of ether oxygens (including phenoxy) is 1. The molecule has 5 heteroatoms. The molecular formula is C24H23N3OS. The molecule has 0 saturated carbocycles. The van der Waals surface area contributed by atoms with E-state index in [9.17, 15) is 5.26 Å². The smallest absolute Gasteiger partial charge is 0.110 e. The van der Waals surface area contributed by atoms with Crippen LogP contribution in [0.5, 0.6) is 0 Å². The highest BCUT2D eigenvalue weighted by atomic mass is 32.2. The fraction of sp³-hybridized carbons (Fsp3) is 0.333. The molecule has 2 bridgehead atoms. The number of benzene rings is 2. The number of nitrogens with zero attached hydrogens (tertiary/aromatic N) is 3. The van der Waals surface area contributed by atoms with E-state index in [2.05, 4.69) is 64.2 Å². The molecule has 0 aliphatic carbocycles. The summed E-state index contributed by atoms with van der Waals surface area (Å²) in [6, 6.07) is 19.7. The summed E-state index contributed by atoms with van der Waals surface area (Å²) in [6.45, 7) is 2.00. The van der Waals surface area contributed by atoms with Crippen LogP contribution in [0.1, 0.15) is 37.1 Å². The Balaban J connectivity index is 1.38. The van der Waals surface area contributed by atoms with E-state index in [-0.39, 0.29) is 12.2 Å². The number of fused-ring (bicyclic) bond motifs is 2. The van der Waals surface area contributed by atoms with Gasteiger partial charge in [0.15, 0.2) is 0 Å². The van der Waals surface area contributed by atoms with E-state index < -0.39 is 5.41 Å². The van der Waals surface area contributed by atoms with Gasteiger partial charge < -0.3 is 9.30 Å². The van der Waals surface area contributed by atoms with Gasteiger partial charge in [0.2, 0.25) is 0 Å². The zero-order valence-electron chi connectivity index (χ0n) is 16.4. The number of rotatable bonds is 4. The van der Waals surface area contributed by atoms with Crippen molar-refractivity contribution in [2.24, 2.45) is 0 Å². The molecule has 146 valence electrons. The maximum Gasteiger partial charge on any atom is 0.110 e. The van der Waals surface area contributed by atoms with Crippen molar-refractivity contribution in [3.8, 4) is 11.8 Å². The summed E-state index contributed by atoms with van der Waals surface area (Å²) in [5.74, 6) is 0.977. The summed E-state index contributed by atoms with van der Waals surface area (Å²) in [4.78, 5) is 6.64. The maximum atomic E-state index is 10.1. The van der Waals surface area contributed by atoms with Crippen molar-refractivity contribution in [3.05, 3.63) is 72.3 Å². The Labute approximate surface area is 175 Å². The first-order valence-corrected chi connectivity index (χ1v) is 10.9. The molecule has 5 rings (SSSR count). The summed E-state index contributed by atoms with van der Waals surface area (Å²) in [7, 11) is 0. The largest absolute Gasteiger partial charge is 0.375 e. The average Bonchev–Trinajstić information content (AvgIpc) is 3.33. The molecule has 0 radical (unpaired) electrons. The van der Waals surface area contributed by atoms with Crippen molar-refractivity contribution < 1.29 is 4.74 Å². The highest BCUT2D eigenvalue weighted by Gasteiger charge is 2.46. The number of aryl methyl sites for hydroxylation is 1. The first-order valence-electron chi connectivity index (χ1n) is 10.1. The average molecular weight is 402 g/mol. The molecule has 2 aliphatic rings. The Kier molecular flexibility index (Phi) is 4.69. The van der Waals surface area contributed by atoms with Gasteiger partial charge in [-0.05, 0) is 74.6 Å². The molecule has 2 atom stereocenters. The van der Waals surface area contributed by atoms with Crippen LogP contribution in [-0.4, -0.2) is 21.8 Å². The van der Waals surface area contributed by atoms with Gasteiger partial charge in [0.1, 0.15) is 5.82 Å². The Bertz CT molecular complexity index is 1050. The normalized spacial score (nSPS) is 25.7. The quantitative estimate of drug-likeness (QED) is 0.584. The van der Waals surface area contributed by atoms with Crippen LogP contribution in [0.25, 0.3) is 5.69 Å². The van der Waals surface area contributed by atoms with Gasteiger partial charge in [0.05, 0.1) is 23.7 Å². The van der Waals surface area contributed by atoms with E-state index in [4.69, 9.17) is 4.74 Å². The van der Waals surface area contributed by atoms with E-state index in [1.54, 1.807) is 11.8 Å². The minimum atomic E-state index is -0.413. The second kappa shape index (κ2) is 7.37. The molecule has 29 heavy (non-hydrogen) atoms. The highest BCUT2D eigenvalue weighted by molar-refractivity contribution is 7.99. The molecule has 3 aromatic rings. The molecular weight excluding hydrogens is 378 g/mol. The molecule has 0 N–H and O–H groups in total. The molecule has 0 amide bonds. The van der Waals surface area contributed by atoms with Crippen molar-refractivity contribution in [2.45, 2.75) is 60.0 Å². The zero-order valence-corrected chi connectivity index (χ0v) is 17.2. The minimum Gasteiger partial charge on any atom is -0.375 e. The number of aromatic nitrogens is 2. The number of imidazole rings is 1. The van der Waals surface area contributed by atoms with E-state index in [1.807, 2.05) is 19.3 Å². The first-order chi connectivity index (χ1) is 14.1. The maximum absolute atomic E-state index is 10.1. The lowest BCUT2D eigenvalue weighted by Gasteiger charge is -2.35. The fourth-order valence-corrected chi connectivity index (χ4v) is 5.53. The van der Waals surface area contributed by atoms with Crippen LogP contribution in [0, 0.1) is 18.3 Å². The Morgan fingerprint density at radius 2 is 1.86 bits per heavy atom. The first kappa shape index (κ1) is 18.5. The molecule has 2 unspecified atom stereocenters. The van der Waals surface area contributed by atoms with E-state index >= 15 is 0 Å². The van der Waals surface area contributed by atoms with E-state index in [0.717, 1.165) is 42.8 Å². The van der Waals surface area contributed by atoms with Crippen LogP contribution in [0.15, 0.2) is 70.7 Å². The third-order valence-electron chi connectivity index (χ3n) is 6.12. The minimum absolute atomic E-state index is 0.240. The Morgan fingerprint density at radius 1 is 1.10 bits per heavy atom. The fourth-order valence-electron chi connectivity index (χ4n) is 4.65. The van der Waals surface area contributed by atoms with Crippen LogP contribution in [0.2, 0.25) is 0 Å². The van der Waals surface area contributed by atoms with Crippen LogP contribution in [0.3, 0.4) is 0 Å². The monoisotopic (exact) mass is 401 g/mol. The van der Waals surface area contributed by atoms with Crippen molar-refractivity contribution >= 4 is 11.8 Å². The molecule has 0 spiro atoms.